The van der Waals surface area contributed by atoms with Crippen LogP contribution >= 0.6 is 0 Å². The van der Waals surface area contributed by atoms with Crippen molar-refractivity contribution in [2.24, 2.45) is 0 Å². The van der Waals surface area contributed by atoms with E-state index in [0.29, 0.717) is 18.4 Å². The van der Waals surface area contributed by atoms with Gasteiger partial charge in [0.05, 0.1) is 6.61 Å². The highest BCUT2D eigenvalue weighted by Gasteiger charge is 2.20. The van der Waals surface area contributed by atoms with E-state index in [9.17, 15) is 0 Å². The Morgan fingerprint density at radius 1 is 1.31 bits per heavy atom. The van der Waals surface area contributed by atoms with Crippen molar-refractivity contribution < 1.29 is 4.74 Å². The van der Waals surface area contributed by atoms with Crippen molar-refractivity contribution in [2.75, 3.05) is 11.9 Å². The van der Waals surface area contributed by atoms with Crippen LogP contribution in [-0.2, 0) is 0 Å². The number of anilines is 1. The van der Waals surface area contributed by atoms with Gasteiger partial charge in [0, 0.05) is 17.8 Å². The van der Waals surface area contributed by atoms with E-state index in [-0.39, 0.29) is 5.54 Å². The molecular weight excluding hydrogens is 202 g/mol. The molecular formula is C12H21N3O. The minimum atomic E-state index is 0.0465. The number of hydrogen-bond donors (Lipinski definition) is 1. The molecule has 0 fully saturated rings. The zero-order valence-electron chi connectivity index (χ0n) is 10.6. The quantitative estimate of drug-likeness (QED) is 0.805. The summed E-state index contributed by atoms with van der Waals surface area (Å²) in [4.78, 5) is 8.50. The Bertz CT molecular complexity index is 324. The first-order chi connectivity index (χ1) is 7.63. The van der Waals surface area contributed by atoms with E-state index in [2.05, 4.69) is 36.1 Å². The highest BCUT2D eigenvalue weighted by atomic mass is 16.5. The number of hydrogen-bond acceptors (Lipinski definition) is 4. The number of ether oxygens (including phenoxy) is 1. The molecule has 1 aromatic rings. The summed E-state index contributed by atoms with van der Waals surface area (Å²) in [6.07, 6.45) is 3.78. The lowest BCUT2D eigenvalue weighted by atomic mass is 9.96. The third-order valence-electron chi connectivity index (χ3n) is 2.90. The Kier molecular flexibility index (Phi) is 4.52. The first kappa shape index (κ1) is 12.7. The van der Waals surface area contributed by atoms with Gasteiger partial charge in [0.2, 0.25) is 11.8 Å². The van der Waals surface area contributed by atoms with E-state index in [0.717, 1.165) is 12.8 Å². The number of rotatable bonds is 6. The predicted molar refractivity (Wildman–Crippen MR) is 65.8 cm³/mol. The lowest BCUT2D eigenvalue weighted by Crippen LogP contribution is -2.33. The minimum Gasteiger partial charge on any atom is -0.478 e. The molecule has 0 unspecified atom stereocenters. The van der Waals surface area contributed by atoms with E-state index < -0.39 is 0 Å². The molecule has 0 aliphatic carbocycles. The summed E-state index contributed by atoms with van der Waals surface area (Å²) in [6.45, 7) is 9.04. The molecule has 1 heterocycles. The summed E-state index contributed by atoms with van der Waals surface area (Å²) in [6, 6.07) is 1.77. The van der Waals surface area contributed by atoms with Crippen molar-refractivity contribution in [1.82, 2.24) is 9.97 Å². The van der Waals surface area contributed by atoms with Gasteiger partial charge in [-0.05, 0) is 26.7 Å². The van der Waals surface area contributed by atoms with Crippen LogP contribution in [0, 0.1) is 0 Å². The van der Waals surface area contributed by atoms with E-state index in [1.165, 1.54) is 0 Å². The Labute approximate surface area is 97.5 Å². The molecule has 4 nitrogen and oxygen atoms in total. The molecule has 1 N–H and O–H groups in total. The van der Waals surface area contributed by atoms with Gasteiger partial charge in [-0.2, -0.15) is 4.98 Å². The van der Waals surface area contributed by atoms with Crippen LogP contribution in [0.25, 0.3) is 0 Å². The smallest absolute Gasteiger partial charge is 0.226 e. The summed E-state index contributed by atoms with van der Waals surface area (Å²) in [5, 5.41) is 3.35. The van der Waals surface area contributed by atoms with Crippen molar-refractivity contribution in [2.45, 2.75) is 46.1 Å². The summed E-state index contributed by atoms with van der Waals surface area (Å²) >= 11 is 0. The fourth-order valence-electron chi connectivity index (χ4n) is 1.33. The maximum Gasteiger partial charge on any atom is 0.226 e. The SMILES string of the molecule is CCOc1ccnc(NC(C)(CC)CC)n1. The minimum absolute atomic E-state index is 0.0465. The van der Waals surface area contributed by atoms with Crippen LogP contribution in [0.1, 0.15) is 40.5 Å². The van der Waals surface area contributed by atoms with Crippen LogP contribution in [0.4, 0.5) is 5.95 Å². The Hall–Kier alpha value is -1.32. The molecule has 0 amide bonds. The molecule has 0 saturated carbocycles. The van der Waals surface area contributed by atoms with Crippen molar-refractivity contribution in [3.8, 4) is 5.88 Å². The van der Waals surface area contributed by atoms with Crippen molar-refractivity contribution in [1.29, 1.82) is 0 Å². The van der Waals surface area contributed by atoms with Crippen molar-refractivity contribution >= 4 is 5.95 Å². The summed E-state index contributed by atoms with van der Waals surface area (Å²) < 4.78 is 5.34. The van der Waals surface area contributed by atoms with E-state index >= 15 is 0 Å². The van der Waals surface area contributed by atoms with Gasteiger partial charge in [-0.25, -0.2) is 4.98 Å². The second-order valence-corrected chi connectivity index (χ2v) is 4.04. The zero-order valence-corrected chi connectivity index (χ0v) is 10.6. The Morgan fingerprint density at radius 3 is 2.56 bits per heavy atom. The van der Waals surface area contributed by atoms with Gasteiger partial charge in [-0.15, -0.1) is 0 Å². The van der Waals surface area contributed by atoms with Gasteiger partial charge in [0.15, 0.2) is 0 Å². The van der Waals surface area contributed by atoms with Crippen LogP contribution in [0.15, 0.2) is 12.3 Å². The molecule has 0 atom stereocenters. The van der Waals surface area contributed by atoms with Gasteiger partial charge >= 0.3 is 0 Å². The van der Waals surface area contributed by atoms with Gasteiger partial charge in [-0.1, -0.05) is 13.8 Å². The lowest BCUT2D eigenvalue weighted by Gasteiger charge is -2.28. The molecule has 0 aliphatic rings. The topological polar surface area (TPSA) is 47.0 Å². The normalized spacial score (nSPS) is 11.2. The fraction of sp³-hybridized carbons (Fsp3) is 0.667. The van der Waals surface area contributed by atoms with E-state index in [4.69, 9.17) is 4.74 Å². The van der Waals surface area contributed by atoms with Gasteiger partial charge in [0.25, 0.3) is 0 Å². The monoisotopic (exact) mass is 223 g/mol. The van der Waals surface area contributed by atoms with Crippen LogP contribution in [-0.4, -0.2) is 22.1 Å². The van der Waals surface area contributed by atoms with Gasteiger partial charge < -0.3 is 10.1 Å². The Balaban J connectivity index is 2.76. The highest BCUT2D eigenvalue weighted by Crippen LogP contribution is 2.20. The van der Waals surface area contributed by atoms with Gasteiger partial charge in [0.1, 0.15) is 0 Å². The molecule has 1 rings (SSSR count). The molecule has 16 heavy (non-hydrogen) atoms. The number of aromatic nitrogens is 2. The van der Waals surface area contributed by atoms with E-state index in [1.54, 1.807) is 12.3 Å². The molecule has 0 bridgehead atoms. The highest BCUT2D eigenvalue weighted by molar-refractivity contribution is 5.31. The molecule has 1 aromatic heterocycles. The van der Waals surface area contributed by atoms with Gasteiger partial charge in [-0.3, -0.25) is 0 Å². The maximum atomic E-state index is 5.34. The van der Waals surface area contributed by atoms with E-state index in [1.807, 2.05) is 6.92 Å². The third kappa shape index (κ3) is 3.36. The number of nitrogens with zero attached hydrogens (tertiary/aromatic N) is 2. The predicted octanol–water partition coefficient (Wildman–Crippen LogP) is 2.87. The molecule has 0 radical (unpaired) electrons. The van der Waals surface area contributed by atoms with Crippen LogP contribution in [0.2, 0.25) is 0 Å². The summed E-state index contributed by atoms with van der Waals surface area (Å²) in [7, 11) is 0. The van der Waals surface area contributed by atoms with Crippen molar-refractivity contribution in [3.63, 3.8) is 0 Å². The third-order valence-corrected chi connectivity index (χ3v) is 2.90. The molecule has 0 aromatic carbocycles. The van der Waals surface area contributed by atoms with Crippen LogP contribution < -0.4 is 10.1 Å². The largest absolute Gasteiger partial charge is 0.478 e. The maximum absolute atomic E-state index is 5.34. The standard InChI is InChI=1S/C12H21N3O/c1-5-12(4,6-2)15-11-13-9-8-10(14-11)16-7-3/h8-9H,5-7H2,1-4H3,(H,13,14,15). The second kappa shape index (κ2) is 5.68. The second-order valence-electron chi connectivity index (χ2n) is 4.04. The average molecular weight is 223 g/mol. The summed E-state index contributed by atoms with van der Waals surface area (Å²) in [5.74, 6) is 1.26. The first-order valence-corrected chi connectivity index (χ1v) is 5.87. The van der Waals surface area contributed by atoms with Crippen LogP contribution in [0.5, 0.6) is 5.88 Å². The van der Waals surface area contributed by atoms with Crippen molar-refractivity contribution in [3.05, 3.63) is 12.3 Å². The lowest BCUT2D eigenvalue weighted by molar-refractivity contribution is 0.326. The number of nitrogens with one attached hydrogen (secondary N) is 1. The molecule has 0 spiro atoms. The van der Waals surface area contributed by atoms with Crippen LogP contribution in [0.3, 0.4) is 0 Å². The average Bonchev–Trinajstić information content (AvgIpc) is 2.30. The molecule has 0 saturated heterocycles. The Morgan fingerprint density at radius 2 is 2.00 bits per heavy atom. The molecule has 0 aliphatic heterocycles. The summed E-state index contributed by atoms with van der Waals surface area (Å²) in [5.41, 5.74) is 0.0465. The first-order valence-electron chi connectivity index (χ1n) is 5.87. The molecule has 90 valence electrons. The fourth-order valence-corrected chi connectivity index (χ4v) is 1.33. The molecule has 4 heteroatoms. The zero-order chi connectivity index (χ0) is 12.0.